The molecular formula is C13H17N2. The van der Waals surface area contributed by atoms with Crippen molar-refractivity contribution in [2.75, 3.05) is 5.43 Å². The SMILES string of the molecule is CCC(CC)Nn1[c]cc2ccccc21. The molecule has 1 aromatic heterocycles. The number of fused-ring (bicyclic) bond motifs is 1. The standard InChI is InChI=1S/C13H17N2/c1-3-12(4-2)14-15-10-9-11-7-5-6-8-13(11)15/h5-9,12,14H,3-4H2,1-2H3. The summed E-state index contributed by atoms with van der Waals surface area (Å²) in [6.45, 7) is 4.40. The second kappa shape index (κ2) is 4.39. The second-order valence-electron chi connectivity index (χ2n) is 3.81. The van der Waals surface area contributed by atoms with Crippen molar-refractivity contribution in [2.45, 2.75) is 32.7 Å². The number of nitrogens with one attached hydrogen (secondary N) is 1. The highest BCUT2D eigenvalue weighted by Crippen LogP contribution is 2.14. The minimum atomic E-state index is 0.525. The van der Waals surface area contributed by atoms with E-state index < -0.39 is 0 Å². The number of rotatable bonds is 4. The Bertz CT molecular complexity index is 427. The Morgan fingerprint density at radius 3 is 2.73 bits per heavy atom. The van der Waals surface area contributed by atoms with Crippen LogP contribution in [0.5, 0.6) is 0 Å². The van der Waals surface area contributed by atoms with Crippen molar-refractivity contribution in [3.05, 3.63) is 36.5 Å². The van der Waals surface area contributed by atoms with Gasteiger partial charge in [-0.05, 0) is 25.0 Å². The van der Waals surface area contributed by atoms with Crippen molar-refractivity contribution in [1.82, 2.24) is 4.68 Å². The first-order valence-corrected chi connectivity index (χ1v) is 5.59. The summed E-state index contributed by atoms with van der Waals surface area (Å²) in [5.74, 6) is 0. The molecule has 1 heterocycles. The predicted octanol–water partition coefficient (Wildman–Crippen LogP) is 3.17. The maximum absolute atomic E-state index is 3.46. The number of aromatic nitrogens is 1. The molecule has 1 N–H and O–H groups in total. The molecule has 0 spiro atoms. The van der Waals surface area contributed by atoms with E-state index in [-0.39, 0.29) is 0 Å². The van der Waals surface area contributed by atoms with Crippen LogP contribution in [-0.4, -0.2) is 10.7 Å². The first kappa shape index (κ1) is 10.1. The van der Waals surface area contributed by atoms with Crippen LogP contribution < -0.4 is 5.43 Å². The highest BCUT2D eigenvalue weighted by Gasteiger charge is 2.04. The number of hydrogen-bond donors (Lipinski definition) is 1. The van der Waals surface area contributed by atoms with Crippen LogP contribution in [-0.2, 0) is 0 Å². The maximum Gasteiger partial charge on any atom is 0.0890 e. The number of nitrogens with zero attached hydrogens (tertiary/aromatic N) is 1. The van der Waals surface area contributed by atoms with Crippen molar-refractivity contribution < 1.29 is 0 Å². The van der Waals surface area contributed by atoms with Gasteiger partial charge in [-0.25, -0.2) is 0 Å². The fraction of sp³-hybridized carbons (Fsp3) is 0.385. The molecule has 2 aromatic rings. The van der Waals surface area contributed by atoms with E-state index in [0.717, 1.165) is 12.8 Å². The van der Waals surface area contributed by atoms with Crippen molar-refractivity contribution in [3.63, 3.8) is 0 Å². The Hall–Kier alpha value is -1.44. The molecule has 0 aliphatic rings. The average Bonchev–Trinajstić information content (AvgIpc) is 2.69. The van der Waals surface area contributed by atoms with Gasteiger partial charge in [0.1, 0.15) is 0 Å². The zero-order valence-corrected chi connectivity index (χ0v) is 9.33. The number of para-hydroxylation sites is 1. The van der Waals surface area contributed by atoms with Gasteiger partial charge in [0.2, 0.25) is 0 Å². The van der Waals surface area contributed by atoms with Gasteiger partial charge in [-0.2, -0.15) is 0 Å². The third kappa shape index (κ3) is 1.99. The van der Waals surface area contributed by atoms with Crippen LogP contribution in [0.25, 0.3) is 10.9 Å². The van der Waals surface area contributed by atoms with Crippen molar-refractivity contribution >= 4 is 10.9 Å². The molecular weight excluding hydrogens is 184 g/mol. The quantitative estimate of drug-likeness (QED) is 0.804. The van der Waals surface area contributed by atoms with Gasteiger partial charge in [-0.3, -0.25) is 4.68 Å². The van der Waals surface area contributed by atoms with Gasteiger partial charge in [0.05, 0.1) is 11.7 Å². The van der Waals surface area contributed by atoms with Crippen LogP contribution >= 0.6 is 0 Å². The van der Waals surface area contributed by atoms with Crippen LogP contribution in [0.2, 0.25) is 0 Å². The van der Waals surface area contributed by atoms with Crippen LogP contribution in [0.4, 0.5) is 0 Å². The lowest BCUT2D eigenvalue weighted by Crippen LogP contribution is -2.25. The van der Waals surface area contributed by atoms with E-state index in [2.05, 4.69) is 49.7 Å². The normalized spacial score (nSPS) is 11.1. The topological polar surface area (TPSA) is 17.0 Å². The Morgan fingerprint density at radius 2 is 2.00 bits per heavy atom. The van der Waals surface area contributed by atoms with E-state index in [1.54, 1.807) is 0 Å². The largest absolute Gasteiger partial charge is 0.322 e. The van der Waals surface area contributed by atoms with Crippen LogP contribution in [0.1, 0.15) is 26.7 Å². The van der Waals surface area contributed by atoms with Crippen molar-refractivity contribution in [1.29, 1.82) is 0 Å². The average molecular weight is 201 g/mol. The van der Waals surface area contributed by atoms with E-state index in [4.69, 9.17) is 0 Å². The molecule has 1 radical (unpaired) electrons. The molecule has 0 aliphatic carbocycles. The molecule has 0 bridgehead atoms. The Morgan fingerprint density at radius 1 is 1.27 bits per heavy atom. The van der Waals surface area contributed by atoms with Gasteiger partial charge in [0.25, 0.3) is 0 Å². The lowest BCUT2D eigenvalue weighted by Gasteiger charge is -2.17. The summed E-state index contributed by atoms with van der Waals surface area (Å²) in [4.78, 5) is 0. The first-order valence-electron chi connectivity index (χ1n) is 5.59. The summed E-state index contributed by atoms with van der Waals surface area (Å²) in [6, 6.07) is 10.9. The monoisotopic (exact) mass is 201 g/mol. The molecule has 15 heavy (non-hydrogen) atoms. The maximum atomic E-state index is 3.46. The van der Waals surface area contributed by atoms with Gasteiger partial charge in [0.15, 0.2) is 0 Å². The minimum absolute atomic E-state index is 0.525. The molecule has 79 valence electrons. The summed E-state index contributed by atoms with van der Waals surface area (Å²) >= 11 is 0. The molecule has 0 aliphatic heterocycles. The van der Waals surface area contributed by atoms with Crippen LogP contribution in [0, 0.1) is 6.20 Å². The summed E-state index contributed by atoms with van der Waals surface area (Å²) in [5, 5.41) is 1.23. The highest BCUT2D eigenvalue weighted by atomic mass is 15.4. The molecule has 0 unspecified atom stereocenters. The Labute approximate surface area is 90.9 Å². The lowest BCUT2D eigenvalue weighted by atomic mass is 10.2. The fourth-order valence-corrected chi connectivity index (χ4v) is 1.78. The molecule has 1 aromatic carbocycles. The summed E-state index contributed by atoms with van der Waals surface area (Å²) in [6.07, 6.45) is 5.49. The van der Waals surface area contributed by atoms with Gasteiger partial charge < -0.3 is 5.43 Å². The molecule has 0 saturated carbocycles. The van der Waals surface area contributed by atoms with Crippen LogP contribution in [0.3, 0.4) is 0 Å². The minimum Gasteiger partial charge on any atom is -0.322 e. The van der Waals surface area contributed by atoms with Gasteiger partial charge >= 0.3 is 0 Å². The van der Waals surface area contributed by atoms with E-state index in [1.807, 2.05) is 10.7 Å². The predicted molar refractivity (Wildman–Crippen MR) is 64.5 cm³/mol. The second-order valence-corrected chi connectivity index (χ2v) is 3.81. The molecule has 0 atom stereocenters. The smallest absolute Gasteiger partial charge is 0.0890 e. The Kier molecular flexibility index (Phi) is 2.95. The highest BCUT2D eigenvalue weighted by molar-refractivity contribution is 5.79. The van der Waals surface area contributed by atoms with E-state index in [0.29, 0.717) is 6.04 Å². The molecule has 2 nitrogen and oxygen atoms in total. The number of benzene rings is 1. The summed E-state index contributed by atoms with van der Waals surface area (Å²) < 4.78 is 2.01. The zero-order chi connectivity index (χ0) is 10.7. The number of hydrogen-bond acceptors (Lipinski definition) is 1. The molecule has 2 heteroatoms. The van der Waals surface area contributed by atoms with Crippen LogP contribution in [0.15, 0.2) is 30.3 Å². The molecule has 2 rings (SSSR count). The van der Waals surface area contributed by atoms with Gasteiger partial charge in [0, 0.05) is 11.4 Å². The third-order valence-electron chi connectivity index (χ3n) is 2.82. The molecule has 0 amide bonds. The first-order chi connectivity index (χ1) is 7.35. The van der Waals surface area contributed by atoms with E-state index in [9.17, 15) is 0 Å². The van der Waals surface area contributed by atoms with Gasteiger partial charge in [-0.15, -0.1) is 0 Å². The van der Waals surface area contributed by atoms with Crippen molar-refractivity contribution in [3.8, 4) is 0 Å². The lowest BCUT2D eigenvalue weighted by molar-refractivity contribution is 0.607. The zero-order valence-electron chi connectivity index (χ0n) is 9.33. The summed E-state index contributed by atoms with van der Waals surface area (Å²) in [5.41, 5.74) is 4.66. The summed E-state index contributed by atoms with van der Waals surface area (Å²) in [7, 11) is 0. The molecule has 0 saturated heterocycles. The Balaban J connectivity index is 2.28. The van der Waals surface area contributed by atoms with Crippen molar-refractivity contribution in [2.24, 2.45) is 0 Å². The third-order valence-corrected chi connectivity index (χ3v) is 2.82. The van der Waals surface area contributed by atoms with E-state index >= 15 is 0 Å². The fourth-order valence-electron chi connectivity index (χ4n) is 1.78. The molecule has 0 fully saturated rings. The van der Waals surface area contributed by atoms with E-state index in [1.165, 1.54) is 10.9 Å². The van der Waals surface area contributed by atoms with Gasteiger partial charge in [-0.1, -0.05) is 32.0 Å².